The molecule has 3 rings (SSSR count). The molecule has 0 radical (unpaired) electrons. The number of esters is 1. The van der Waals surface area contributed by atoms with Crippen LogP contribution in [0.5, 0.6) is 5.75 Å². The molecule has 0 aliphatic heterocycles. The predicted molar refractivity (Wildman–Crippen MR) is 112 cm³/mol. The highest BCUT2D eigenvalue weighted by Gasteiger charge is 2.16. The van der Waals surface area contributed by atoms with E-state index in [9.17, 15) is 24.8 Å². The van der Waals surface area contributed by atoms with E-state index in [1.165, 1.54) is 42.6 Å². The van der Waals surface area contributed by atoms with Crippen LogP contribution in [0.3, 0.4) is 0 Å². The molecule has 0 aromatic heterocycles. The van der Waals surface area contributed by atoms with E-state index in [-0.39, 0.29) is 17.0 Å². The van der Waals surface area contributed by atoms with Gasteiger partial charge in [0.1, 0.15) is 5.75 Å². The molecule has 0 heterocycles. The van der Waals surface area contributed by atoms with Gasteiger partial charge in [0.15, 0.2) is 6.10 Å². The summed E-state index contributed by atoms with van der Waals surface area (Å²) in [6.45, 7) is 0. The zero-order valence-electron chi connectivity index (χ0n) is 16.0. The zero-order chi connectivity index (χ0) is 22.2. The van der Waals surface area contributed by atoms with Gasteiger partial charge < -0.3 is 9.84 Å². The molecule has 9 nitrogen and oxygen atoms in total. The lowest BCUT2D eigenvalue weighted by molar-refractivity contribution is -0.384. The number of carbonyl (C=O) groups excluding carboxylic acids is 2. The molecule has 0 unspecified atom stereocenters. The van der Waals surface area contributed by atoms with Gasteiger partial charge in [0.25, 0.3) is 11.6 Å². The molecule has 0 aliphatic rings. The number of nitrogens with zero attached hydrogens (tertiary/aromatic N) is 2. The van der Waals surface area contributed by atoms with Crippen LogP contribution in [-0.4, -0.2) is 28.1 Å². The standard InChI is InChI=1S/C22H17N3O6/c26-20(16-4-2-1-3-5-16)21(27)24-23-14-15-6-12-19(13-7-15)31-22(28)17-8-10-18(11-9-17)25(29)30/h1-14,20,26H,(H,24,27)/b23-14-/t20-/m0/s1. The number of nitrogens with one attached hydrogen (secondary N) is 1. The Bertz CT molecular complexity index is 1100. The maximum atomic E-state index is 12.1. The lowest BCUT2D eigenvalue weighted by atomic mass is 10.1. The minimum Gasteiger partial charge on any atom is -0.423 e. The fourth-order valence-electron chi connectivity index (χ4n) is 2.53. The summed E-state index contributed by atoms with van der Waals surface area (Å²) in [4.78, 5) is 34.2. The molecule has 0 bridgehead atoms. The van der Waals surface area contributed by atoms with Gasteiger partial charge in [0, 0.05) is 12.1 Å². The first-order chi connectivity index (χ1) is 14.9. The Morgan fingerprint density at radius 2 is 1.65 bits per heavy atom. The Balaban J connectivity index is 1.54. The van der Waals surface area contributed by atoms with Crippen LogP contribution in [0.15, 0.2) is 84.0 Å². The lowest BCUT2D eigenvalue weighted by Gasteiger charge is -2.08. The number of amides is 1. The number of nitro benzene ring substituents is 1. The average molecular weight is 419 g/mol. The van der Waals surface area contributed by atoms with Gasteiger partial charge in [-0.15, -0.1) is 0 Å². The maximum absolute atomic E-state index is 12.1. The van der Waals surface area contributed by atoms with E-state index in [0.29, 0.717) is 11.1 Å². The van der Waals surface area contributed by atoms with Crippen LogP contribution in [0.1, 0.15) is 27.6 Å². The summed E-state index contributed by atoms with van der Waals surface area (Å²) in [5, 5.41) is 24.4. The molecule has 31 heavy (non-hydrogen) atoms. The third-order valence-electron chi connectivity index (χ3n) is 4.16. The van der Waals surface area contributed by atoms with Crippen molar-refractivity contribution in [3.8, 4) is 5.75 Å². The number of hydrogen-bond acceptors (Lipinski definition) is 7. The summed E-state index contributed by atoms with van der Waals surface area (Å²) in [7, 11) is 0. The molecule has 0 spiro atoms. The van der Waals surface area contributed by atoms with E-state index in [1.807, 2.05) is 0 Å². The van der Waals surface area contributed by atoms with Gasteiger partial charge in [-0.05, 0) is 47.5 Å². The van der Waals surface area contributed by atoms with Crippen molar-refractivity contribution in [3.05, 3.63) is 106 Å². The van der Waals surface area contributed by atoms with Crippen LogP contribution in [0.4, 0.5) is 5.69 Å². The maximum Gasteiger partial charge on any atom is 0.343 e. The molecule has 3 aromatic carbocycles. The Morgan fingerprint density at radius 1 is 1.00 bits per heavy atom. The highest BCUT2D eigenvalue weighted by Crippen LogP contribution is 2.16. The monoisotopic (exact) mass is 419 g/mol. The highest BCUT2D eigenvalue weighted by molar-refractivity contribution is 5.91. The van der Waals surface area contributed by atoms with Gasteiger partial charge in [-0.3, -0.25) is 14.9 Å². The summed E-state index contributed by atoms with van der Waals surface area (Å²) < 4.78 is 5.22. The van der Waals surface area contributed by atoms with Crippen LogP contribution in [0.25, 0.3) is 0 Å². The van der Waals surface area contributed by atoms with Crippen molar-refractivity contribution in [2.24, 2.45) is 5.10 Å². The average Bonchev–Trinajstić information content (AvgIpc) is 2.80. The molecule has 2 N–H and O–H groups in total. The molecular weight excluding hydrogens is 402 g/mol. The van der Waals surface area contributed by atoms with Gasteiger partial charge >= 0.3 is 5.97 Å². The first kappa shape index (κ1) is 21.3. The van der Waals surface area contributed by atoms with E-state index >= 15 is 0 Å². The number of aliphatic hydroxyl groups is 1. The summed E-state index contributed by atoms with van der Waals surface area (Å²) in [5.41, 5.74) is 3.38. The van der Waals surface area contributed by atoms with Gasteiger partial charge in [-0.2, -0.15) is 5.10 Å². The molecule has 1 atom stereocenters. The molecular formula is C22H17N3O6. The van der Waals surface area contributed by atoms with Crippen molar-refractivity contribution >= 4 is 23.8 Å². The number of benzene rings is 3. The Labute approximate surface area is 176 Å². The summed E-state index contributed by atoms with van der Waals surface area (Å²) in [6, 6.07) is 19.8. The number of non-ortho nitro benzene ring substituents is 1. The molecule has 1 amide bonds. The second-order valence-corrected chi connectivity index (χ2v) is 6.31. The number of hydrogen-bond donors (Lipinski definition) is 2. The molecule has 156 valence electrons. The minimum absolute atomic E-state index is 0.122. The molecule has 3 aromatic rings. The van der Waals surface area contributed by atoms with Crippen LogP contribution < -0.4 is 10.2 Å². The van der Waals surface area contributed by atoms with Crippen molar-refractivity contribution < 1.29 is 24.4 Å². The van der Waals surface area contributed by atoms with Crippen LogP contribution >= 0.6 is 0 Å². The normalized spacial score (nSPS) is 11.6. The fourth-order valence-corrected chi connectivity index (χ4v) is 2.53. The number of aliphatic hydroxyl groups excluding tert-OH is 1. The molecule has 0 aliphatic carbocycles. The zero-order valence-corrected chi connectivity index (χ0v) is 16.0. The van der Waals surface area contributed by atoms with Crippen molar-refractivity contribution in [2.75, 3.05) is 0 Å². The molecule has 0 saturated carbocycles. The number of rotatable bonds is 7. The van der Waals surface area contributed by atoms with Crippen LogP contribution in [0, 0.1) is 10.1 Å². The Kier molecular flexibility index (Phi) is 6.82. The number of ether oxygens (including phenoxy) is 1. The first-order valence-electron chi connectivity index (χ1n) is 9.06. The highest BCUT2D eigenvalue weighted by atomic mass is 16.6. The van der Waals surface area contributed by atoms with E-state index in [2.05, 4.69) is 10.5 Å². The van der Waals surface area contributed by atoms with Crippen LogP contribution in [0.2, 0.25) is 0 Å². The van der Waals surface area contributed by atoms with Crippen molar-refractivity contribution in [1.82, 2.24) is 5.43 Å². The van der Waals surface area contributed by atoms with E-state index < -0.39 is 22.9 Å². The van der Waals surface area contributed by atoms with E-state index in [0.717, 1.165) is 0 Å². The Morgan fingerprint density at radius 3 is 2.26 bits per heavy atom. The number of nitro groups is 1. The third-order valence-corrected chi connectivity index (χ3v) is 4.16. The summed E-state index contributed by atoms with van der Waals surface area (Å²) >= 11 is 0. The van der Waals surface area contributed by atoms with Gasteiger partial charge in [0.2, 0.25) is 0 Å². The van der Waals surface area contributed by atoms with Crippen molar-refractivity contribution in [3.63, 3.8) is 0 Å². The number of carbonyl (C=O) groups is 2. The van der Waals surface area contributed by atoms with E-state index in [1.54, 1.807) is 42.5 Å². The minimum atomic E-state index is -1.33. The van der Waals surface area contributed by atoms with Crippen molar-refractivity contribution in [2.45, 2.75) is 6.10 Å². The topological polar surface area (TPSA) is 131 Å². The number of hydrazone groups is 1. The molecule has 9 heteroatoms. The van der Waals surface area contributed by atoms with Gasteiger partial charge in [-0.25, -0.2) is 10.2 Å². The largest absolute Gasteiger partial charge is 0.423 e. The van der Waals surface area contributed by atoms with Crippen LogP contribution in [-0.2, 0) is 4.79 Å². The smallest absolute Gasteiger partial charge is 0.343 e. The quantitative estimate of drug-likeness (QED) is 0.199. The molecule has 0 saturated heterocycles. The van der Waals surface area contributed by atoms with Gasteiger partial charge in [0.05, 0.1) is 16.7 Å². The third kappa shape index (κ3) is 5.81. The second-order valence-electron chi connectivity index (χ2n) is 6.31. The summed E-state index contributed by atoms with van der Waals surface area (Å²) in [5.74, 6) is -1.06. The fraction of sp³-hybridized carbons (Fsp3) is 0.0455. The summed E-state index contributed by atoms with van der Waals surface area (Å²) in [6.07, 6.45) is 0.0388. The Hall–Kier alpha value is -4.37. The lowest BCUT2D eigenvalue weighted by Crippen LogP contribution is -2.25. The predicted octanol–water partition coefficient (Wildman–Crippen LogP) is 3.00. The SMILES string of the molecule is O=C(Oc1ccc(/C=N\NC(=O)[C@@H](O)c2ccccc2)cc1)c1ccc([N+](=O)[O-])cc1. The van der Waals surface area contributed by atoms with Gasteiger partial charge in [-0.1, -0.05) is 30.3 Å². The van der Waals surface area contributed by atoms with Crippen molar-refractivity contribution in [1.29, 1.82) is 0 Å². The van der Waals surface area contributed by atoms with E-state index in [4.69, 9.17) is 4.74 Å². The second kappa shape index (κ2) is 9.90. The molecule has 0 fully saturated rings. The first-order valence-corrected chi connectivity index (χ1v) is 9.06.